The number of nitrogens with one attached hydrogen (secondary N) is 1. The molecule has 0 fully saturated rings. The summed E-state index contributed by atoms with van der Waals surface area (Å²) in [5.74, 6) is -1.15. The molecule has 0 aliphatic heterocycles. The molecule has 1 N–H and O–H groups in total. The molecule has 0 unspecified atom stereocenters. The highest BCUT2D eigenvalue weighted by Gasteiger charge is 2.24. The van der Waals surface area contributed by atoms with Crippen molar-refractivity contribution in [2.24, 2.45) is 0 Å². The van der Waals surface area contributed by atoms with Crippen LogP contribution in [0.2, 0.25) is 4.34 Å². The van der Waals surface area contributed by atoms with Gasteiger partial charge in [0.05, 0.1) is 19.7 Å². The van der Waals surface area contributed by atoms with Crippen LogP contribution in [0, 0.1) is 6.92 Å². The molecular formula is C18H20ClNO5S2. The second kappa shape index (κ2) is 8.10. The van der Waals surface area contributed by atoms with Crippen LogP contribution in [-0.2, 0) is 14.8 Å². The third-order valence-corrected chi connectivity index (χ3v) is 6.39. The Labute approximate surface area is 167 Å². The molecule has 0 aliphatic rings. The van der Waals surface area contributed by atoms with E-state index in [0.29, 0.717) is 14.8 Å². The van der Waals surface area contributed by atoms with E-state index in [1.807, 2.05) is 0 Å². The number of rotatable bonds is 6. The summed E-state index contributed by atoms with van der Waals surface area (Å²) in [5, 5.41) is 0. The molecule has 146 valence electrons. The van der Waals surface area contributed by atoms with Crippen LogP contribution >= 0.6 is 22.9 Å². The van der Waals surface area contributed by atoms with E-state index in [1.54, 1.807) is 39.8 Å². The number of sulfonamides is 1. The van der Waals surface area contributed by atoms with Gasteiger partial charge in [0.15, 0.2) is 6.61 Å². The van der Waals surface area contributed by atoms with E-state index in [-0.39, 0.29) is 16.2 Å². The summed E-state index contributed by atoms with van der Waals surface area (Å²) in [6, 6.07) is 7.33. The minimum Gasteiger partial charge on any atom is -0.454 e. The van der Waals surface area contributed by atoms with Crippen LogP contribution in [0.15, 0.2) is 35.2 Å². The Morgan fingerprint density at radius 3 is 2.41 bits per heavy atom. The highest BCUT2D eigenvalue weighted by atomic mass is 35.5. The molecule has 0 saturated heterocycles. The number of thiophene rings is 1. The fraction of sp³-hybridized carbons (Fsp3) is 0.333. The Balaban J connectivity index is 2.17. The molecule has 9 heteroatoms. The van der Waals surface area contributed by atoms with Crippen molar-refractivity contribution in [2.75, 3.05) is 6.61 Å². The third-order valence-electron chi connectivity index (χ3n) is 3.36. The summed E-state index contributed by atoms with van der Waals surface area (Å²) in [5.41, 5.74) is -0.0381. The maximum Gasteiger partial charge on any atom is 0.338 e. The summed E-state index contributed by atoms with van der Waals surface area (Å²) in [4.78, 5) is 24.7. The van der Waals surface area contributed by atoms with Crippen molar-refractivity contribution in [3.05, 3.63) is 50.7 Å². The van der Waals surface area contributed by atoms with E-state index in [9.17, 15) is 18.0 Å². The predicted molar refractivity (Wildman–Crippen MR) is 105 cm³/mol. The average molecular weight is 430 g/mol. The third kappa shape index (κ3) is 5.87. The SMILES string of the molecule is Cc1ccc(S(=O)(=O)NC(C)(C)C)cc1C(=O)OCC(=O)c1ccc(Cl)s1. The van der Waals surface area contributed by atoms with Crippen molar-refractivity contribution in [3.8, 4) is 0 Å². The predicted octanol–water partition coefficient (Wildman–Crippen LogP) is 3.83. The second-order valence-electron chi connectivity index (χ2n) is 6.94. The normalized spacial score (nSPS) is 12.0. The summed E-state index contributed by atoms with van der Waals surface area (Å²) in [6.07, 6.45) is 0. The molecule has 1 aromatic carbocycles. The van der Waals surface area contributed by atoms with E-state index in [2.05, 4.69) is 4.72 Å². The lowest BCUT2D eigenvalue weighted by Crippen LogP contribution is -2.40. The van der Waals surface area contributed by atoms with E-state index in [1.165, 1.54) is 18.2 Å². The fourth-order valence-corrected chi connectivity index (χ4v) is 4.61. The monoisotopic (exact) mass is 429 g/mol. The van der Waals surface area contributed by atoms with Crippen LogP contribution in [0.25, 0.3) is 0 Å². The van der Waals surface area contributed by atoms with Gasteiger partial charge in [-0.25, -0.2) is 17.9 Å². The van der Waals surface area contributed by atoms with E-state index < -0.39 is 28.1 Å². The number of carbonyl (C=O) groups excluding carboxylic acids is 2. The highest BCUT2D eigenvalue weighted by Crippen LogP contribution is 2.22. The van der Waals surface area contributed by atoms with Gasteiger partial charge in [-0.15, -0.1) is 11.3 Å². The van der Waals surface area contributed by atoms with Crippen LogP contribution in [0.5, 0.6) is 0 Å². The van der Waals surface area contributed by atoms with E-state index in [0.717, 1.165) is 11.3 Å². The summed E-state index contributed by atoms with van der Waals surface area (Å²) < 4.78 is 33.0. The van der Waals surface area contributed by atoms with Crippen LogP contribution in [-0.4, -0.2) is 32.3 Å². The number of halogens is 1. The van der Waals surface area contributed by atoms with Crippen molar-refractivity contribution in [3.63, 3.8) is 0 Å². The molecule has 2 aromatic rings. The van der Waals surface area contributed by atoms with Crippen molar-refractivity contribution in [1.29, 1.82) is 0 Å². The number of hydrogen-bond donors (Lipinski definition) is 1. The number of benzene rings is 1. The van der Waals surface area contributed by atoms with E-state index >= 15 is 0 Å². The standard InChI is InChI=1S/C18H20ClNO5S2/c1-11-5-6-12(27(23,24)20-18(2,3)4)9-13(11)17(22)25-10-14(21)15-7-8-16(19)26-15/h5-9,20H,10H2,1-4H3. The Hall–Kier alpha value is -1.74. The molecular weight excluding hydrogens is 410 g/mol. The van der Waals surface area contributed by atoms with Gasteiger partial charge in [0.1, 0.15) is 0 Å². The van der Waals surface area contributed by atoms with Crippen LogP contribution in [0.3, 0.4) is 0 Å². The number of Topliss-reactive ketones (excluding diaryl/α,β-unsaturated/α-hetero) is 1. The number of aryl methyl sites for hydroxylation is 1. The maximum absolute atomic E-state index is 12.5. The lowest BCUT2D eigenvalue weighted by atomic mass is 10.1. The Bertz CT molecular complexity index is 974. The van der Waals surface area contributed by atoms with Crippen molar-refractivity contribution in [1.82, 2.24) is 4.72 Å². The van der Waals surface area contributed by atoms with Crippen molar-refractivity contribution < 1.29 is 22.7 Å². The molecule has 0 amide bonds. The van der Waals surface area contributed by atoms with Crippen LogP contribution in [0.4, 0.5) is 0 Å². The van der Waals surface area contributed by atoms with Gasteiger partial charge in [0.2, 0.25) is 15.8 Å². The van der Waals surface area contributed by atoms with E-state index in [4.69, 9.17) is 16.3 Å². The first kappa shape index (κ1) is 21.6. The van der Waals surface area contributed by atoms with Crippen molar-refractivity contribution in [2.45, 2.75) is 38.1 Å². The first-order valence-corrected chi connectivity index (χ1v) is 10.7. The first-order chi connectivity index (χ1) is 12.4. The first-order valence-electron chi connectivity index (χ1n) is 7.99. The zero-order chi connectivity index (χ0) is 20.4. The summed E-state index contributed by atoms with van der Waals surface area (Å²) in [7, 11) is -3.80. The maximum atomic E-state index is 12.5. The molecule has 0 radical (unpaired) electrons. The van der Waals surface area contributed by atoms with Gasteiger partial charge < -0.3 is 4.74 Å². The minimum atomic E-state index is -3.80. The second-order valence-corrected chi connectivity index (χ2v) is 10.3. The zero-order valence-corrected chi connectivity index (χ0v) is 17.7. The van der Waals surface area contributed by atoms with Crippen LogP contribution < -0.4 is 4.72 Å². The van der Waals surface area contributed by atoms with Gasteiger partial charge in [-0.3, -0.25) is 4.79 Å². The van der Waals surface area contributed by atoms with Gasteiger partial charge >= 0.3 is 5.97 Å². The lowest BCUT2D eigenvalue weighted by Gasteiger charge is -2.20. The fourth-order valence-electron chi connectivity index (χ4n) is 2.19. The molecule has 6 nitrogen and oxygen atoms in total. The minimum absolute atomic E-state index is 0.0497. The van der Waals surface area contributed by atoms with Gasteiger partial charge in [-0.1, -0.05) is 17.7 Å². The number of esters is 1. The molecule has 0 aliphatic carbocycles. The molecule has 1 heterocycles. The number of ether oxygens (including phenoxy) is 1. The molecule has 0 saturated carbocycles. The Morgan fingerprint density at radius 1 is 1.19 bits per heavy atom. The van der Waals surface area contributed by atoms with Gasteiger partial charge in [-0.2, -0.15) is 0 Å². The van der Waals surface area contributed by atoms with Gasteiger partial charge in [0.25, 0.3) is 0 Å². The molecule has 27 heavy (non-hydrogen) atoms. The number of carbonyl (C=O) groups is 2. The van der Waals surface area contributed by atoms with Gasteiger partial charge in [-0.05, 0) is 57.5 Å². The zero-order valence-electron chi connectivity index (χ0n) is 15.3. The summed E-state index contributed by atoms with van der Waals surface area (Å²) in [6.45, 7) is 6.36. The molecule has 0 spiro atoms. The van der Waals surface area contributed by atoms with Crippen LogP contribution in [0.1, 0.15) is 46.4 Å². The molecule has 0 atom stereocenters. The summed E-state index contributed by atoms with van der Waals surface area (Å²) >= 11 is 6.88. The molecule has 0 bridgehead atoms. The highest BCUT2D eigenvalue weighted by molar-refractivity contribution is 7.89. The Morgan fingerprint density at radius 2 is 1.85 bits per heavy atom. The smallest absolute Gasteiger partial charge is 0.338 e. The van der Waals surface area contributed by atoms with Gasteiger partial charge in [0, 0.05) is 5.54 Å². The average Bonchev–Trinajstić information content (AvgIpc) is 2.96. The largest absolute Gasteiger partial charge is 0.454 e. The number of ketones is 1. The number of hydrogen-bond acceptors (Lipinski definition) is 6. The quantitative estimate of drug-likeness (QED) is 0.556. The Kier molecular flexibility index (Phi) is 6.47. The van der Waals surface area contributed by atoms with Crippen molar-refractivity contribution >= 4 is 44.7 Å². The molecule has 2 rings (SSSR count). The topological polar surface area (TPSA) is 89.5 Å². The lowest BCUT2D eigenvalue weighted by molar-refractivity contribution is 0.0475. The molecule has 1 aromatic heterocycles.